The third kappa shape index (κ3) is 3.78. The van der Waals surface area contributed by atoms with Crippen molar-refractivity contribution in [3.8, 4) is 6.07 Å². The van der Waals surface area contributed by atoms with E-state index in [4.69, 9.17) is 10.4 Å². The van der Waals surface area contributed by atoms with Gasteiger partial charge in [-0.05, 0) is 35.9 Å². The van der Waals surface area contributed by atoms with Gasteiger partial charge in [-0.25, -0.2) is 17.9 Å². The normalized spacial score (nSPS) is 10.9. The average molecular weight is 305 g/mol. The standard InChI is InChI=1S/C14H12FN3O2S/c15-13-7-12(21(17,19)20)5-6-14(13)18-9-11-3-1-10(8-16)2-4-11/h1-7,18H,9H2,(H2,17,19,20). The van der Waals surface area contributed by atoms with E-state index in [0.29, 0.717) is 12.1 Å². The maximum absolute atomic E-state index is 13.8. The fraction of sp³-hybridized carbons (Fsp3) is 0.0714. The molecule has 0 radical (unpaired) electrons. The molecule has 3 N–H and O–H groups in total. The topological polar surface area (TPSA) is 96.0 Å². The molecule has 0 aliphatic heterocycles. The lowest BCUT2D eigenvalue weighted by Gasteiger charge is -2.09. The predicted octanol–water partition coefficient (Wildman–Crippen LogP) is 1.96. The van der Waals surface area contributed by atoms with Crippen molar-refractivity contribution in [2.75, 3.05) is 5.32 Å². The molecule has 7 heteroatoms. The van der Waals surface area contributed by atoms with Crippen LogP contribution in [0.5, 0.6) is 0 Å². The molecule has 2 rings (SSSR count). The Hall–Kier alpha value is -2.43. The zero-order valence-corrected chi connectivity index (χ0v) is 11.7. The molecule has 0 aliphatic carbocycles. The van der Waals surface area contributed by atoms with Crippen LogP contribution in [0.4, 0.5) is 10.1 Å². The number of nitrogens with one attached hydrogen (secondary N) is 1. The van der Waals surface area contributed by atoms with E-state index in [2.05, 4.69) is 5.32 Å². The Labute approximate surface area is 121 Å². The predicted molar refractivity (Wildman–Crippen MR) is 76.3 cm³/mol. The van der Waals surface area contributed by atoms with Gasteiger partial charge < -0.3 is 5.32 Å². The van der Waals surface area contributed by atoms with E-state index >= 15 is 0 Å². The fourth-order valence-corrected chi connectivity index (χ4v) is 2.24. The van der Waals surface area contributed by atoms with Crippen LogP contribution in [0.15, 0.2) is 47.4 Å². The first-order valence-corrected chi connectivity index (χ1v) is 7.50. The van der Waals surface area contributed by atoms with Crippen LogP contribution in [-0.4, -0.2) is 8.42 Å². The van der Waals surface area contributed by atoms with Crippen molar-refractivity contribution in [2.45, 2.75) is 11.4 Å². The van der Waals surface area contributed by atoms with Crippen LogP contribution >= 0.6 is 0 Å². The Morgan fingerprint density at radius 2 is 1.86 bits per heavy atom. The Kier molecular flexibility index (Phi) is 4.21. The van der Waals surface area contributed by atoms with Gasteiger partial charge in [-0.1, -0.05) is 12.1 Å². The molecule has 0 fully saturated rings. The second-order valence-corrected chi connectivity index (χ2v) is 5.91. The average Bonchev–Trinajstić information content (AvgIpc) is 2.45. The number of benzene rings is 2. The van der Waals surface area contributed by atoms with E-state index in [0.717, 1.165) is 11.6 Å². The van der Waals surface area contributed by atoms with Crippen LogP contribution in [0.3, 0.4) is 0 Å². The molecule has 5 nitrogen and oxygen atoms in total. The molecule has 0 unspecified atom stereocenters. The molecule has 21 heavy (non-hydrogen) atoms. The molecule has 108 valence electrons. The minimum atomic E-state index is -3.92. The number of nitrogens with zero attached hydrogens (tertiary/aromatic N) is 1. The summed E-state index contributed by atoms with van der Waals surface area (Å²) in [4.78, 5) is -0.274. The molecule has 0 saturated heterocycles. The van der Waals surface area contributed by atoms with Crippen LogP contribution < -0.4 is 10.5 Å². The van der Waals surface area contributed by atoms with Crippen LogP contribution in [-0.2, 0) is 16.6 Å². The number of nitrogens with two attached hydrogens (primary N) is 1. The van der Waals surface area contributed by atoms with Gasteiger partial charge in [-0.3, -0.25) is 0 Å². The van der Waals surface area contributed by atoms with Gasteiger partial charge in [0, 0.05) is 6.54 Å². The Morgan fingerprint density at radius 1 is 1.19 bits per heavy atom. The van der Waals surface area contributed by atoms with Gasteiger partial charge in [0.05, 0.1) is 22.2 Å². The first-order valence-electron chi connectivity index (χ1n) is 5.95. The molecular weight excluding hydrogens is 293 g/mol. The van der Waals surface area contributed by atoms with E-state index < -0.39 is 15.8 Å². The van der Waals surface area contributed by atoms with Crippen molar-refractivity contribution in [3.05, 3.63) is 59.4 Å². The second kappa shape index (κ2) is 5.91. The summed E-state index contributed by atoms with van der Waals surface area (Å²) in [6.45, 7) is 0.345. The number of hydrogen-bond acceptors (Lipinski definition) is 4. The summed E-state index contributed by atoms with van der Waals surface area (Å²) in [5.41, 5.74) is 1.58. The summed E-state index contributed by atoms with van der Waals surface area (Å²) in [6, 6.07) is 12.3. The van der Waals surface area contributed by atoms with Gasteiger partial charge in [0.2, 0.25) is 10.0 Å². The number of anilines is 1. The monoisotopic (exact) mass is 305 g/mol. The highest BCUT2D eigenvalue weighted by Gasteiger charge is 2.11. The van der Waals surface area contributed by atoms with Crippen LogP contribution in [0.1, 0.15) is 11.1 Å². The molecule has 0 bridgehead atoms. The van der Waals surface area contributed by atoms with Crippen molar-refractivity contribution >= 4 is 15.7 Å². The number of primary sulfonamides is 1. The van der Waals surface area contributed by atoms with Crippen molar-refractivity contribution in [1.29, 1.82) is 5.26 Å². The number of sulfonamides is 1. The maximum atomic E-state index is 13.8. The molecule has 0 aromatic heterocycles. The third-order valence-electron chi connectivity index (χ3n) is 2.84. The van der Waals surface area contributed by atoms with E-state index in [1.807, 2.05) is 6.07 Å². The molecule has 0 aliphatic rings. The fourth-order valence-electron chi connectivity index (χ4n) is 1.71. The SMILES string of the molecule is N#Cc1ccc(CNc2ccc(S(N)(=O)=O)cc2F)cc1. The van der Waals surface area contributed by atoms with Gasteiger partial charge >= 0.3 is 0 Å². The zero-order chi connectivity index (χ0) is 15.5. The highest BCUT2D eigenvalue weighted by Crippen LogP contribution is 2.19. The maximum Gasteiger partial charge on any atom is 0.238 e. The van der Waals surface area contributed by atoms with E-state index in [-0.39, 0.29) is 10.6 Å². The highest BCUT2D eigenvalue weighted by molar-refractivity contribution is 7.89. The van der Waals surface area contributed by atoms with Crippen LogP contribution in [0.25, 0.3) is 0 Å². The highest BCUT2D eigenvalue weighted by atomic mass is 32.2. The summed E-state index contributed by atoms with van der Waals surface area (Å²) in [6.07, 6.45) is 0. The Morgan fingerprint density at radius 3 is 2.38 bits per heavy atom. The molecule has 0 spiro atoms. The molecule has 2 aromatic carbocycles. The minimum absolute atomic E-state index is 0.173. The largest absolute Gasteiger partial charge is 0.379 e. The number of nitriles is 1. The summed E-state index contributed by atoms with van der Waals surface area (Å²) >= 11 is 0. The zero-order valence-electron chi connectivity index (χ0n) is 10.9. The van der Waals surface area contributed by atoms with Crippen LogP contribution in [0, 0.1) is 17.1 Å². The lowest BCUT2D eigenvalue weighted by Crippen LogP contribution is -2.12. The molecule has 0 amide bonds. The van der Waals surface area contributed by atoms with Crippen LogP contribution in [0.2, 0.25) is 0 Å². The molecule has 0 atom stereocenters. The van der Waals surface area contributed by atoms with Crippen molar-refractivity contribution in [1.82, 2.24) is 0 Å². The van der Waals surface area contributed by atoms with Crippen molar-refractivity contribution in [2.24, 2.45) is 5.14 Å². The van der Waals surface area contributed by atoms with Gasteiger partial charge in [-0.15, -0.1) is 0 Å². The lowest BCUT2D eigenvalue weighted by atomic mass is 10.1. The third-order valence-corrected chi connectivity index (χ3v) is 3.75. The summed E-state index contributed by atoms with van der Waals surface area (Å²) < 4.78 is 36.0. The summed E-state index contributed by atoms with van der Waals surface area (Å²) in [5.74, 6) is -0.699. The van der Waals surface area contributed by atoms with E-state index in [1.54, 1.807) is 24.3 Å². The molecule has 0 saturated carbocycles. The van der Waals surface area contributed by atoms with Gasteiger partial charge in [-0.2, -0.15) is 5.26 Å². The number of halogens is 1. The van der Waals surface area contributed by atoms with Crippen molar-refractivity contribution in [3.63, 3.8) is 0 Å². The number of hydrogen-bond donors (Lipinski definition) is 2. The Balaban J connectivity index is 2.11. The van der Waals surface area contributed by atoms with Gasteiger partial charge in [0.25, 0.3) is 0 Å². The van der Waals surface area contributed by atoms with Gasteiger partial charge in [0.1, 0.15) is 5.82 Å². The Bertz CT molecular complexity index is 796. The first-order chi connectivity index (χ1) is 9.90. The quantitative estimate of drug-likeness (QED) is 0.902. The molecular formula is C14H12FN3O2S. The van der Waals surface area contributed by atoms with Gasteiger partial charge in [0.15, 0.2) is 0 Å². The lowest BCUT2D eigenvalue weighted by molar-refractivity contribution is 0.593. The smallest absolute Gasteiger partial charge is 0.238 e. The van der Waals surface area contributed by atoms with E-state index in [1.165, 1.54) is 12.1 Å². The second-order valence-electron chi connectivity index (χ2n) is 4.35. The summed E-state index contributed by atoms with van der Waals surface area (Å²) in [7, 11) is -3.92. The molecule has 2 aromatic rings. The first kappa shape index (κ1) is 15.0. The van der Waals surface area contributed by atoms with Crippen molar-refractivity contribution < 1.29 is 12.8 Å². The van der Waals surface area contributed by atoms with E-state index in [9.17, 15) is 12.8 Å². The number of rotatable bonds is 4. The minimum Gasteiger partial charge on any atom is -0.379 e. The molecule has 0 heterocycles. The summed E-state index contributed by atoms with van der Waals surface area (Å²) in [5, 5.41) is 16.5.